The van der Waals surface area contributed by atoms with Gasteiger partial charge in [-0.2, -0.15) is 0 Å². The van der Waals surface area contributed by atoms with Gasteiger partial charge in [-0.1, -0.05) is 28.1 Å². The number of fused-ring (bicyclic) bond motifs is 1. The van der Waals surface area contributed by atoms with Crippen molar-refractivity contribution in [2.45, 2.75) is 25.8 Å². The highest BCUT2D eigenvalue weighted by Gasteiger charge is 2.19. The molecule has 0 saturated carbocycles. The number of pyridine rings is 1. The summed E-state index contributed by atoms with van der Waals surface area (Å²) in [7, 11) is 0. The number of nitrogens with one attached hydrogen (secondary N) is 1. The lowest BCUT2D eigenvalue weighted by Gasteiger charge is -2.11. The molecule has 0 spiro atoms. The van der Waals surface area contributed by atoms with Crippen LogP contribution in [0.3, 0.4) is 0 Å². The quantitative estimate of drug-likeness (QED) is 0.886. The zero-order valence-corrected chi connectivity index (χ0v) is 13.0. The number of carboxylic acid groups (broad SMARTS) is 1. The lowest BCUT2D eigenvalue weighted by Crippen LogP contribution is -2.10. The number of aryl methyl sites for hydroxylation is 2. The molecule has 2 aromatic rings. The molecule has 1 heterocycles. The van der Waals surface area contributed by atoms with Gasteiger partial charge in [-0.3, -0.25) is 0 Å². The minimum atomic E-state index is -0.936. The number of aromatic carboxylic acids is 1. The zero-order chi connectivity index (χ0) is 14.8. The van der Waals surface area contributed by atoms with Crippen molar-refractivity contribution in [3.8, 4) is 0 Å². The molecule has 0 bridgehead atoms. The van der Waals surface area contributed by atoms with Crippen molar-refractivity contribution < 1.29 is 9.90 Å². The molecule has 0 unspecified atom stereocenters. The third-order valence-corrected chi connectivity index (χ3v) is 4.12. The summed E-state index contributed by atoms with van der Waals surface area (Å²) in [5, 5.41) is 12.5. The average molecular weight is 347 g/mol. The second-order valence-corrected chi connectivity index (χ2v) is 6.05. The fourth-order valence-corrected chi connectivity index (χ4v) is 3.05. The summed E-state index contributed by atoms with van der Waals surface area (Å²) in [5.41, 5.74) is 3.42. The maximum Gasteiger partial charge on any atom is 0.339 e. The second-order valence-electron chi connectivity index (χ2n) is 5.13. The van der Waals surface area contributed by atoms with Gasteiger partial charge in [0.1, 0.15) is 11.4 Å². The van der Waals surface area contributed by atoms with Crippen molar-refractivity contribution in [1.29, 1.82) is 0 Å². The summed E-state index contributed by atoms with van der Waals surface area (Å²) in [4.78, 5) is 15.9. The molecule has 2 N–H and O–H groups in total. The van der Waals surface area contributed by atoms with Gasteiger partial charge in [-0.25, -0.2) is 9.78 Å². The van der Waals surface area contributed by atoms with E-state index in [1.807, 2.05) is 24.3 Å². The standard InChI is InChI=1S/C16H15BrN2O2/c17-12-5-1-3-10(7-12)9-18-15-13(16(20)21)8-11-4-2-6-14(11)19-15/h1,3,5,7-8H,2,4,6,9H2,(H,18,19)(H,20,21). The van der Waals surface area contributed by atoms with Crippen LogP contribution >= 0.6 is 15.9 Å². The second kappa shape index (κ2) is 5.85. The van der Waals surface area contributed by atoms with Crippen molar-refractivity contribution in [2.75, 3.05) is 5.32 Å². The number of rotatable bonds is 4. The van der Waals surface area contributed by atoms with Gasteiger partial charge in [0, 0.05) is 16.7 Å². The van der Waals surface area contributed by atoms with Gasteiger partial charge in [0.2, 0.25) is 0 Å². The first-order valence-corrected chi connectivity index (χ1v) is 7.67. The maximum atomic E-state index is 11.4. The summed E-state index contributed by atoms with van der Waals surface area (Å²) < 4.78 is 1.00. The first kappa shape index (κ1) is 14.1. The van der Waals surface area contributed by atoms with Gasteiger partial charge in [-0.15, -0.1) is 0 Å². The lowest BCUT2D eigenvalue weighted by molar-refractivity contribution is 0.0697. The Labute approximate surface area is 131 Å². The molecule has 0 saturated heterocycles. The maximum absolute atomic E-state index is 11.4. The Morgan fingerprint density at radius 2 is 2.19 bits per heavy atom. The van der Waals surface area contributed by atoms with E-state index in [2.05, 4.69) is 26.2 Å². The van der Waals surface area contributed by atoms with Crippen LogP contribution < -0.4 is 5.32 Å². The van der Waals surface area contributed by atoms with Gasteiger partial charge in [0.15, 0.2) is 0 Å². The monoisotopic (exact) mass is 346 g/mol. The summed E-state index contributed by atoms with van der Waals surface area (Å²) >= 11 is 3.43. The molecule has 0 aliphatic heterocycles. The van der Waals surface area contributed by atoms with Crippen LogP contribution in [0.2, 0.25) is 0 Å². The van der Waals surface area contributed by atoms with Gasteiger partial charge < -0.3 is 10.4 Å². The van der Waals surface area contributed by atoms with E-state index in [9.17, 15) is 9.90 Å². The van der Waals surface area contributed by atoms with E-state index >= 15 is 0 Å². The molecule has 0 radical (unpaired) electrons. The van der Waals surface area contributed by atoms with Crippen LogP contribution in [0.4, 0.5) is 5.82 Å². The number of hydrogen-bond acceptors (Lipinski definition) is 3. The SMILES string of the molecule is O=C(O)c1cc2c(nc1NCc1cccc(Br)c1)CCC2. The van der Waals surface area contributed by atoms with Crippen LogP contribution in [0.25, 0.3) is 0 Å². The molecule has 0 atom stereocenters. The van der Waals surface area contributed by atoms with Crippen LogP contribution in [-0.2, 0) is 19.4 Å². The van der Waals surface area contributed by atoms with E-state index in [4.69, 9.17) is 0 Å². The molecule has 1 aliphatic carbocycles. The Morgan fingerprint density at radius 1 is 1.33 bits per heavy atom. The molecule has 3 rings (SSSR count). The minimum Gasteiger partial charge on any atom is -0.478 e. The van der Waals surface area contributed by atoms with Gasteiger partial charge >= 0.3 is 5.97 Å². The normalized spacial score (nSPS) is 13.0. The fourth-order valence-electron chi connectivity index (χ4n) is 2.60. The number of aromatic nitrogens is 1. The van der Waals surface area contributed by atoms with Gasteiger partial charge in [0.05, 0.1) is 0 Å². The molecule has 4 nitrogen and oxygen atoms in total. The fraction of sp³-hybridized carbons (Fsp3) is 0.250. The molecule has 1 aliphatic rings. The van der Waals surface area contributed by atoms with Crippen molar-refractivity contribution in [3.05, 3.63) is 57.2 Å². The van der Waals surface area contributed by atoms with E-state index in [1.165, 1.54) is 0 Å². The molecule has 108 valence electrons. The highest BCUT2D eigenvalue weighted by atomic mass is 79.9. The Kier molecular flexibility index (Phi) is 3.92. The molecule has 1 aromatic heterocycles. The van der Waals surface area contributed by atoms with Crippen LogP contribution in [0.1, 0.15) is 33.6 Å². The average Bonchev–Trinajstić information content (AvgIpc) is 2.91. The number of hydrogen-bond donors (Lipinski definition) is 2. The largest absolute Gasteiger partial charge is 0.478 e. The molecular formula is C16H15BrN2O2. The number of benzene rings is 1. The van der Waals surface area contributed by atoms with Crippen molar-refractivity contribution >= 4 is 27.7 Å². The van der Waals surface area contributed by atoms with Gasteiger partial charge in [0.25, 0.3) is 0 Å². The topological polar surface area (TPSA) is 62.2 Å². The molecule has 5 heteroatoms. The smallest absolute Gasteiger partial charge is 0.339 e. The Bertz CT molecular complexity index is 701. The van der Waals surface area contributed by atoms with Crippen LogP contribution in [-0.4, -0.2) is 16.1 Å². The van der Waals surface area contributed by atoms with Crippen LogP contribution in [0.5, 0.6) is 0 Å². The summed E-state index contributed by atoms with van der Waals surface area (Å²) in [5.74, 6) is -0.475. The van der Waals surface area contributed by atoms with Crippen LogP contribution in [0, 0.1) is 0 Å². The van der Waals surface area contributed by atoms with Crippen molar-refractivity contribution in [2.24, 2.45) is 0 Å². The number of carboxylic acids is 1. The van der Waals surface area contributed by atoms with E-state index in [1.54, 1.807) is 6.07 Å². The van der Waals surface area contributed by atoms with Crippen molar-refractivity contribution in [1.82, 2.24) is 4.98 Å². The summed E-state index contributed by atoms with van der Waals surface area (Å²) in [6.45, 7) is 0.547. The Balaban J connectivity index is 1.86. The first-order valence-electron chi connectivity index (χ1n) is 6.88. The first-order chi connectivity index (χ1) is 10.1. The number of halogens is 1. The zero-order valence-electron chi connectivity index (χ0n) is 11.4. The van der Waals surface area contributed by atoms with Gasteiger partial charge in [-0.05, 0) is 48.6 Å². The molecular weight excluding hydrogens is 332 g/mol. The summed E-state index contributed by atoms with van der Waals surface area (Å²) in [6.07, 6.45) is 2.91. The molecule has 1 aromatic carbocycles. The van der Waals surface area contributed by atoms with Crippen molar-refractivity contribution in [3.63, 3.8) is 0 Å². The molecule has 0 fully saturated rings. The third kappa shape index (κ3) is 3.08. The van der Waals surface area contributed by atoms with E-state index in [0.29, 0.717) is 12.4 Å². The third-order valence-electron chi connectivity index (χ3n) is 3.63. The van der Waals surface area contributed by atoms with E-state index in [-0.39, 0.29) is 5.56 Å². The van der Waals surface area contributed by atoms with E-state index in [0.717, 1.165) is 40.6 Å². The number of anilines is 1. The highest BCUT2D eigenvalue weighted by molar-refractivity contribution is 9.10. The lowest BCUT2D eigenvalue weighted by atomic mass is 10.1. The van der Waals surface area contributed by atoms with Crippen LogP contribution in [0.15, 0.2) is 34.8 Å². The Hall–Kier alpha value is -1.88. The highest BCUT2D eigenvalue weighted by Crippen LogP contribution is 2.25. The minimum absolute atomic E-state index is 0.255. The Morgan fingerprint density at radius 3 is 2.95 bits per heavy atom. The molecule has 0 amide bonds. The predicted molar refractivity (Wildman–Crippen MR) is 84.7 cm³/mol. The molecule has 21 heavy (non-hydrogen) atoms. The number of nitrogens with zero attached hydrogens (tertiary/aromatic N) is 1. The predicted octanol–water partition coefficient (Wildman–Crippen LogP) is 3.64. The summed E-state index contributed by atoms with van der Waals surface area (Å²) in [6, 6.07) is 9.67. The number of carbonyl (C=O) groups is 1. The van der Waals surface area contributed by atoms with E-state index < -0.39 is 5.97 Å².